The van der Waals surface area contributed by atoms with E-state index < -0.39 is 15.9 Å². The summed E-state index contributed by atoms with van der Waals surface area (Å²) in [7, 11) is 2.42. The van der Waals surface area contributed by atoms with Gasteiger partial charge in [-0.1, -0.05) is 78.1 Å². The van der Waals surface area contributed by atoms with Crippen molar-refractivity contribution in [3.63, 3.8) is 0 Å². The third-order valence-electron chi connectivity index (χ3n) is 7.19. The quantitative estimate of drug-likeness (QED) is 0.0702. The number of benzene rings is 2. The summed E-state index contributed by atoms with van der Waals surface area (Å²) in [6.07, 6.45) is 4.88. The van der Waals surface area contributed by atoms with E-state index in [1.165, 1.54) is 0 Å². The van der Waals surface area contributed by atoms with Gasteiger partial charge in [0.1, 0.15) is 23.0 Å². The van der Waals surface area contributed by atoms with E-state index in [-0.39, 0.29) is 24.9 Å². The van der Waals surface area contributed by atoms with Crippen molar-refractivity contribution in [2.45, 2.75) is 86.0 Å². The first-order valence-electron chi connectivity index (χ1n) is 17.3. The molecule has 0 saturated carbocycles. The fraction of sp³-hybridized carbons (Fsp3) is 0.590. The minimum absolute atomic E-state index is 0.0828. The van der Waals surface area contributed by atoms with Crippen LogP contribution in [0.2, 0.25) is 0 Å². The summed E-state index contributed by atoms with van der Waals surface area (Å²) in [6.45, 7) is 15.3. The molecule has 2 aromatic rings. The van der Waals surface area contributed by atoms with Gasteiger partial charge in [-0.2, -0.15) is 8.42 Å². The van der Waals surface area contributed by atoms with Gasteiger partial charge in [0.2, 0.25) is 0 Å². The smallest absolute Gasteiger partial charge is 0.264 e. The van der Waals surface area contributed by atoms with Crippen LogP contribution in [0.25, 0.3) is 0 Å². The largest absolute Gasteiger partial charge is 0.493 e. The van der Waals surface area contributed by atoms with E-state index in [1.54, 1.807) is 6.07 Å². The van der Waals surface area contributed by atoms with Crippen LogP contribution in [0.5, 0.6) is 23.0 Å². The van der Waals surface area contributed by atoms with Crippen LogP contribution in [0.4, 0.5) is 0 Å². The van der Waals surface area contributed by atoms with Crippen LogP contribution < -0.4 is 18.9 Å². The van der Waals surface area contributed by atoms with Crippen molar-refractivity contribution in [1.29, 1.82) is 0 Å². The Bertz CT molecular complexity index is 1530. The second-order valence-corrected chi connectivity index (χ2v) is 15.2. The van der Waals surface area contributed by atoms with Crippen LogP contribution in [-0.2, 0) is 10.1 Å². The van der Waals surface area contributed by atoms with Gasteiger partial charge in [0, 0.05) is 30.0 Å². The Labute approximate surface area is 290 Å². The van der Waals surface area contributed by atoms with Crippen LogP contribution in [0.1, 0.15) is 108 Å². The maximum Gasteiger partial charge on any atom is 0.264 e. The highest BCUT2D eigenvalue weighted by atomic mass is 32.2. The van der Waals surface area contributed by atoms with E-state index in [2.05, 4.69) is 78.6 Å². The van der Waals surface area contributed by atoms with Gasteiger partial charge in [0.15, 0.2) is 0 Å². The normalized spacial score (nSPS) is 11.5. The van der Waals surface area contributed by atoms with E-state index >= 15 is 0 Å². The third-order valence-corrected chi connectivity index (χ3v) is 7.99. The lowest BCUT2D eigenvalue weighted by Gasteiger charge is -2.24. The Hall–Kier alpha value is -3.37. The lowest BCUT2D eigenvalue weighted by Crippen LogP contribution is -2.36. The van der Waals surface area contributed by atoms with E-state index in [0.29, 0.717) is 48.2 Å². The topological polar surface area (TPSA) is 91.3 Å². The monoisotopic (exact) mass is 684 g/mol. The zero-order valence-corrected chi connectivity index (χ0v) is 31.5. The second kappa shape index (κ2) is 20.2. The van der Waals surface area contributed by atoms with E-state index in [1.807, 2.05) is 26.0 Å². The van der Waals surface area contributed by atoms with Gasteiger partial charge in [-0.15, -0.1) is 0 Å². The fourth-order valence-electron chi connectivity index (χ4n) is 4.52. The van der Waals surface area contributed by atoms with Crippen molar-refractivity contribution >= 4 is 10.1 Å². The molecule has 0 unspecified atom stereocenters. The lowest BCUT2D eigenvalue weighted by molar-refractivity contribution is -0.870. The first-order chi connectivity index (χ1) is 22.6. The molecule has 0 amide bonds. The SMILES string of the molecule is CCCCOc1cc(C#CC(C)C)c(OCCCS(=O)(=O)O)cc1C#Cc1cc(OCCCC)c(C(C)C)cc1OCCC[N+](C)(C)C. The Morgan fingerprint density at radius 2 is 1.10 bits per heavy atom. The summed E-state index contributed by atoms with van der Waals surface area (Å²) in [5.41, 5.74) is 3.04. The van der Waals surface area contributed by atoms with Crippen molar-refractivity contribution in [2.24, 2.45) is 5.92 Å². The molecule has 0 aliphatic rings. The van der Waals surface area contributed by atoms with Crippen LogP contribution in [0.3, 0.4) is 0 Å². The number of unbranched alkanes of at least 4 members (excludes halogenated alkanes) is 2. The van der Waals surface area contributed by atoms with Crippen LogP contribution in [0, 0.1) is 29.6 Å². The standard InChI is InChI=1S/C39H57NO7S/c1-10-12-21-44-37-26-32(17-16-30(3)4)36(46-24-15-25-48(41,42)43)27-33(37)18-19-34-28-39(47-22-13-11-2)35(31(5)6)29-38(34)45-23-14-20-40(7,8)9/h26-31H,10-15,20-25H2,1-9H3/p+1. The summed E-state index contributed by atoms with van der Waals surface area (Å²) >= 11 is 0. The third kappa shape index (κ3) is 15.7. The number of nitrogens with zero attached hydrogens (tertiary/aromatic N) is 1. The van der Waals surface area contributed by atoms with E-state index in [9.17, 15) is 8.42 Å². The van der Waals surface area contributed by atoms with Crippen LogP contribution in [-0.4, -0.2) is 77.3 Å². The molecular formula is C39H58NO7S+. The van der Waals surface area contributed by atoms with Gasteiger partial charge in [-0.25, -0.2) is 0 Å². The van der Waals surface area contributed by atoms with Gasteiger partial charge in [0.05, 0.1) is 76.6 Å². The Balaban J connectivity index is 2.67. The number of ether oxygens (including phenoxy) is 4. The molecule has 0 saturated heterocycles. The van der Waals surface area contributed by atoms with Gasteiger partial charge in [-0.05, 0) is 37.3 Å². The highest BCUT2D eigenvalue weighted by Crippen LogP contribution is 2.35. The lowest BCUT2D eigenvalue weighted by atomic mass is 9.99. The Morgan fingerprint density at radius 3 is 1.56 bits per heavy atom. The van der Waals surface area contributed by atoms with Crippen LogP contribution in [0.15, 0.2) is 24.3 Å². The zero-order valence-electron chi connectivity index (χ0n) is 30.7. The van der Waals surface area contributed by atoms with E-state index in [4.69, 9.17) is 23.5 Å². The first-order valence-corrected chi connectivity index (χ1v) is 18.9. The van der Waals surface area contributed by atoms with Crippen molar-refractivity contribution in [3.05, 3.63) is 46.5 Å². The molecule has 0 aliphatic carbocycles. The minimum Gasteiger partial charge on any atom is -0.493 e. The Kier molecular flexibility index (Phi) is 17.2. The predicted octanol–water partition coefficient (Wildman–Crippen LogP) is 7.71. The average molecular weight is 685 g/mol. The predicted molar refractivity (Wildman–Crippen MR) is 195 cm³/mol. The molecule has 0 spiro atoms. The Morgan fingerprint density at radius 1 is 0.667 bits per heavy atom. The van der Waals surface area contributed by atoms with Crippen molar-refractivity contribution < 1.29 is 36.4 Å². The minimum atomic E-state index is -4.09. The molecule has 48 heavy (non-hydrogen) atoms. The highest BCUT2D eigenvalue weighted by molar-refractivity contribution is 7.85. The summed E-state index contributed by atoms with van der Waals surface area (Å²) in [4.78, 5) is 0. The molecule has 0 atom stereocenters. The molecule has 0 aliphatic heterocycles. The zero-order chi connectivity index (χ0) is 35.7. The van der Waals surface area contributed by atoms with Gasteiger partial charge < -0.3 is 23.4 Å². The summed E-state index contributed by atoms with van der Waals surface area (Å²) in [5, 5.41) is 0. The molecule has 0 radical (unpaired) electrons. The number of quaternary nitrogens is 1. The molecule has 0 fully saturated rings. The molecule has 9 heteroatoms. The number of hydrogen-bond donors (Lipinski definition) is 1. The maximum absolute atomic E-state index is 11.3. The maximum atomic E-state index is 11.3. The molecule has 0 bridgehead atoms. The van der Waals surface area contributed by atoms with Crippen molar-refractivity contribution in [1.82, 2.24) is 0 Å². The summed E-state index contributed by atoms with van der Waals surface area (Å²) in [5.74, 6) is 15.6. The molecule has 266 valence electrons. The summed E-state index contributed by atoms with van der Waals surface area (Å²) < 4.78 is 57.4. The van der Waals surface area contributed by atoms with Crippen molar-refractivity contribution in [2.75, 3.05) is 59.9 Å². The molecule has 1 N–H and O–H groups in total. The number of rotatable bonds is 19. The summed E-state index contributed by atoms with van der Waals surface area (Å²) in [6, 6.07) is 7.69. The van der Waals surface area contributed by atoms with Gasteiger partial charge in [-0.3, -0.25) is 4.55 Å². The van der Waals surface area contributed by atoms with E-state index in [0.717, 1.165) is 60.0 Å². The van der Waals surface area contributed by atoms with Gasteiger partial charge in [0.25, 0.3) is 10.1 Å². The molecular weight excluding hydrogens is 626 g/mol. The van der Waals surface area contributed by atoms with Crippen molar-refractivity contribution in [3.8, 4) is 46.7 Å². The van der Waals surface area contributed by atoms with Crippen LogP contribution >= 0.6 is 0 Å². The van der Waals surface area contributed by atoms with Gasteiger partial charge >= 0.3 is 0 Å². The number of hydrogen-bond acceptors (Lipinski definition) is 6. The fourth-order valence-corrected chi connectivity index (χ4v) is 5.00. The first kappa shape index (κ1) is 40.8. The second-order valence-electron chi connectivity index (χ2n) is 13.7. The highest BCUT2D eigenvalue weighted by Gasteiger charge is 2.16. The molecule has 2 aromatic carbocycles. The average Bonchev–Trinajstić information content (AvgIpc) is 2.99. The molecule has 0 aromatic heterocycles. The molecule has 2 rings (SSSR count). The molecule has 8 nitrogen and oxygen atoms in total. The molecule has 0 heterocycles.